The van der Waals surface area contributed by atoms with Gasteiger partial charge in [0.25, 0.3) is 0 Å². The van der Waals surface area contributed by atoms with Crippen LogP contribution in [0.1, 0.15) is 136 Å². The summed E-state index contributed by atoms with van der Waals surface area (Å²) in [5.41, 5.74) is 0.294. The molecule has 0 amide bonds. The van der Waals surface area contributed by atoms with Crippen LogP contribution in [-0.2, 0) is 23.8 Å². The van der Waals surface area contributed by atoms with Gasteiger partial charge in [0.1, 0.15) is 12.7 Å². The highest BCUT2D eigenvalue weighted by Crippen LogP contribution is 2.39. The minimum absolute atomic E-state index is 0. The van der Waals surface area contributed by atoms with Gasteiger partial charge in [0.2, 0.25) is 0 Å². The second-order valence-electron chi connectivity index (χ2n) is 12.5. The van der Waals surface area contributed by atoms with Crippen molar-refractivity contribution in [1.82, 2.24) is 5.06 Å². The molecule has 43 heavy (non-hydrogen) atoms. The molecule has 8 heteroatoms. The first-order valence-electron chi connectivity index (χ1n) is 14.1. The molecule has 3 atom stereocenters. The monoisotopic (exact) mass is 616 g/mol. The minimum atomic E-state index is -0.682. The van der Waals surface area contributed by atoms with Gasteiger partial charge in [-0.1, -0.05) is 73.9 Å². The molecule has 1 heterocycles. The average molecular weight is 616 g/mol. The Morgan fingerprint density at radius 2 is 1.47 bits per heavy atom. The molecule has 0 aliphatic carbocycles. The quantitative estimate of drug-likeness (QED) is 0.260. The zero-order valence-electron chi connectivity index (χ0n) is 26.1. The van der Waals surface area contributed by atoms with Crippen molar-refractivity contribution in [3.05, 3.63) is 35.9 Å². The highest BCUT2D eigenvalue weighted by molar-refractivity contribution is 5.76. The van der Waals surface area contributed by atoms with Crippen molar-refractivity contribution in [2.24, 2.45) is 5.41 Å². The number of carbonyl (C=O) groups excluding carboxylic acids is 2. The molecule has 0 bridgehead atoms. The first-order valence-corrected chi connectivity index (χ1v) is 14.1. The van der Waals surface area contributed by atoms with Crippen molar-refractivity contribution < 1.29 is 33.7 Å². The number of hydroxylamine groups is 2. The number of esters is 1. The van der Waals surface area contributed by atoms with E-state index in [1.807, 2.05) is 71.7 Å². The average Bonchev–Trinajstić information content (AvgIpc) is 2.84. The van der Waals surface area contributed by atoms with Crippen LogP contribution in [0.25, 0.3) is 0 Å². The summed E-state index contributed by atoms with van der Waals surface area (Å²) in [4.78, 5) is 29.2. The second-order valence-corrected chi connectivity index (χ2v) is 12.5. The predicted octanol–water partition coefficient (Wildman–Crippen LogP) is 9.20. The third-order valence-electron chi connectivity index (χ3n) is 7.21. The summed E-state index contributed by atoms with van der Waals surface area (Å²) in [6.45, 7) is 19.8. The second kappa shape index (κ2) is 20.7. The number of hydrogen-bond donors (Lipinski definition) is 1. The van der Waals surface area contributed by atoms with Crippen LogP contribution in [0.5, 0.6) is 0 Å². The molecular formula is C35H69NO7. The lowest BCUT2D eigenvalue weighted by molar-refractivity contribution is -0.314. The summed E-state index contributed by atoms with van der Waals surface area (Å²) < 4.78 is 14.9. The molecule has 1 N–H and O–H groups in total. The van der Waals surface area contributed by atoms with E-state index in [1.54, 1.807) is 13.8 Å². The first kappa shape index (κ1) is 47.8. The third-order valence-corrected chi connectivity index (χ3v) is 7.21. The molecule has 1 aromatic rings. The molecule has 1 aromatic carbocycles. The van der Waals surface area contributed by atoms with Gasteiger partial charge in [-0.2, -0.15) is 5.06 Å². The van der Waals surface area contributed by atoms with Crippen molar-refractivity contribution in [2.75, 3.05) is 13.7 Å². The number of rotatable bonds is 10. The number of nitrogens with zero attached hydrogens (tertiary/aromatic N) is 1. The smallest absolute Gasteiger partial charge is 0.469 e. The van der Waals surface area contributed by atoms with Crippen molar-refractivity contribution >= 4 is 12.1 Å². The molecule has 3 unspecified atom stereocenters. The van der Waals surface area contributed by atoms with Crippen LogP contribution in [0, 0.1) is 5.41 Å². The topological polar surface area (TPSA) is 94.5 Å². The van der Waals surface area contributed by atoms with Crippen LogP contribution >= 0.6 is 0 Å². The van der Waals surface area contributed by atoms with Gasteiger partial charge in [0.15, 0.2) is 0 Å². The van der Waals surface area contributed by atoms with Gasteiger partial charge in [-0.3, -0.25) is 9.63 Å². The molecule has 0 saturated carbocycles. The Kier molecular flexibility index (Phi) is 23.0. The summed E-state index contributed by atoms with van der Waals surface area (Å²) in [6, 6.07) is 10.3. The van der Waals surface area contributed by atoms with Crippen LogP contribution in [-0.4, -0.2) is 65.4 Å². The zero-order valence-corrected chi connectivity index (χ0v) is 26.1. The van der Waals surface area contributed by atoms with Gasteiger partial charge in [0, 0.05) is 11.1 Å². The Morgan fingerprint density at radius 3 is 1.88 bits per heavy atom. The Balaban J connectivity index is -0.000000332. The fourth-order valence-corrected chi connectivity index (χ4v) is 5.31. The van der Waals surface area contributed by atoms with Crippen molar-refractivity contribution in [3.63, 3.8) is 0 Å². The Bertz CT molecular complexity index is 869. The summed E-state index contributed by atoms with van der Waals surface area (Å²) >= 11 is 0. The fourth-order valence-electron chi connectivity index (χ4n) is 5.31. The van der Waals surface area contributed by atoms with Crippen LogP contribution in [0.2, 0.25) is 0 Å². The lowest BCUT2D eigenvalue weighted by atomic mass is 9.77. The van der Waals surface area contributed by atoms with E-state index in [0.29, 0.717) is 18.8 Å². The van der Waals surface area contributed by atoms with E-state index >= 15 is 0 Å². The van der Waals surface area contributed by atoms with Gasteiger partial charge < -0.3 is 19.3 Å². The van der Waals surface area contributed by atoms with Gasteiger partial charge >= 0.3 is 12.1 Å². The van der Waals surface area contributed by atoms with E-state index < -0.39 is 6.16 Å². The Morgan fingerprint density at radius 1 is 0.977 bits per heavy atom. The van der Waals surface area contributed by atoms with Crippen molar-refractivity contribution in [3.8, 4) is 0 Å². The van der Waals surface area contributed by atoms with Gasteiger partial charge in [0.05, 0.1) is 24.7 Å². The van der Waals surface area contributed by atoms with E-state index in [4.69, 9.17) is 19.0 Å². The molecule has 1 aliphatic rings. The molecule has 0 spiro atoms. The maximum Gasteiger partial charge on any atom is 0.508 e. The van der Waals surface area contributed by atoms with Crippen LogP contribution in [0.15, 0.2) is 30.3 Å². The van der Waals surface area contributed by atoms with Gasteiger partial charge in [-0.05, 0) is 92.6 Å². The summed E-state index contributed by atoms with van der Waals surface area (Å²) in [5, 5.41) is 11.9. The standard InChI is InChI=1S/C16H31NO5.C15H22O2.4CH4/c1-11(2)21-14(19)20-10-12(3)22-17-15(4,5)8-13(18)9-16(17,6)7;1-5-15(3,14(16)17-4)11-12(2)13-9-7-6-8-10-13;;;;/h11-13,18H,8-10H2,1-7H3;6-10,12H,5,11H2,1-4H3;4*1H4. The van der Waals surface area contributed by atoms with Crippen molar-refractivity contribution in [2.45, 2.75) is 160 Å². The minimum Gasteiger partial charge on any atom is -0.469 e. The third kappa shape index (κ3) is 15.4. The first-order chi connectivity index (χ1) is 18.0. The number of carbonyl (C=O) groups is 2. The number of aliphatic hydroxyl groups excluding tert-OH is 1. The number of aliphatic hydroxyl groups is 1. The van der Waals surface area contributed by atoms with E-state index in [-0.39, 0.29) is 77.1 Å². The molecule has 0 aromatic heterocycles. The van der Waals surface area contributed by atoms with Crippen LogP contribution in [0.3, 0.4) is 0 Å². The number of ether oxygens (including phenoxy) is 3. The van der Waals surface area contributed by atoms with E-state index in [2.05, 4.69) is 19.1 Å². The lowest BCUT2D eigenvalue weighted by Gasteiger charge is -2.53. The number of methoxy groups -OCH3 is 1. The Labute approximate surface area is 265 Å². The van der Waals surface area contributed by atoms with Crippen LogP contribution < -0.4 is 0 Å². The highest BCUT2D eigenvalue weighted by atomic mass is 16.7. The Hall–Kier alpha value is -2.16. The summed E-state index contributed by atoms with van der Waals surface area (Å²) in [6.07, 6.45) is 1.38. The summed E-state index contributed by atoms with van der Waals surface area (Å²) in [5.74, 6) is 0.253. The van der Waals surface area contributed by atoms with E-state index in [9.17, 15) is 14.7 Å². The molecule has 2 rings (SSSR count). The van der Waals surface area contributed by atoms with Gasteiger partial charge in [-0.25, -0.2) is 4.79 Å². The summed E-state index contributed by atoms with van der Waals surface area (Å²) in [7, 11) is 1.46. The maximum absolute atomic E-state index is 11.8. The highest BCUT2D eigenvalue weighted by Gasteiger charge is 2.46. The van der Waals surface area contributed by atoms with Crippen LogP contribution in [0.4, 0.5) is 4.79 Å². The number of piperidine rings is 1. The SMILES string of the molecule is C.C.C.C.CC(C)OC(=O)OCC(C)ON1C(C)(C)CC(O)CC1(C)C.CCC(C)(CC(C)c1ccccc1)C(=O)OC. The molecular weight excluding hydrogens is 546 g/mol. The number of hydrogen-bond acceptors (Lipinski definition) is 8. The van der Waals surface area contributed by atoms with E-state index in [0.717, 1.165) is 12.8 Å². The molecule has 1 aliphatic heterocycles. The molecule has 8 nitrogen and oxygen atoms in total. The molecule has 1 saturated heterocycles. The molecule has 0 radical (unpaired) electrons. The zero-order chi connectivity index (χ0) is 30.0. The fraction of sp³-hybridized carbons (Fsp3) is 0.771. The van der Waals surface area contributed by atoms with E-state index in [1.165, 1.54) is 12.7 Å². The predicted molar refractivity (Wildman–Crippen MR) is 180 cm³/mol. The largest absolute Gasteiger partial charge is 0.508 e. The molecule has 256 valence electrons. The molecule has 1 fully saturated rings. The lowest BCUT2D eigenvalue weighted by Crippen LogP contribution is -2.62. The maximum atomic E-state index is 11.8. The van der Waals surface area contributed by atoms with Crippen molar-refractivity contribution in [1.29, 1.82) is 0 Å². The normalized spacial score (nSPS) is 18.3. The number of benzene rings is 1. The van der Waals surface area contributed by atoms with Gasteiger partial charge in [-0.15, -0.1) is 0 Å².